The van der Waals surface area contributed by atoms with Crippen LogP contribution in [0.2, 0.25) is 0 Å². The number of methoxy groups -OCH3 is 3. The summed E-state index contributed by atoms with van der Waals surface area (Å²) in [5.41, 5.74) is 0.748. The van der Waals surface area contributed by atoms with E-state index < -0.39 is 5.79 Å². The summed E-state index contributed by atoms with van der Waals surface area (Å²) in [6, 6.07) is 5.48. The molecule has 0 aliphatic heterocycles. The van der Waals surface area contributed by atoms with Crippen LogP contribution < -0.4 is 9.47 Å². The van der Waals surface area contributed by atoms with Gasteiger partial charge in [0, 0.05) is 26.2 Å². The fraction of sp³-hybridized carbons (Fsp3) is 0.588. The summed E-state index contributed by atoms with van der Waals surface area (Å²) in [5.74, 6) is -0.0971. The van der Waals surface area contributed by atoms with Gasteiger partial charge in [0.2, 0.25) is 0 Å². The van der Waals surface area contributed by atoms with Crippen molar-refractivity contribution in [3.63, 3.8) is 0 Å². The van der Waals surface area contributed by atoms with Crippen molar-refractivity contribution in [3.8, 4) is 11.5 Å². The number of esters is 1. The van der Waals surface area contributed by atoms with E-state index in [4.69, 9.17) is 18.9 Å². The molecule has 0 saturated carbocycles. The van der Waals surface area contributed by atoms with Crippen LogP contribution in [0.1, 0.15) is 32.3 Å². The van der Waals surface area contributed by atoms with E-state index in [-0.39, 0.29) is 12.4 Å². The van der Waals surface area contributed by atoms with Gasteiger partial charge in [0.15, 0.2) is 17.3 Å². The van der Waals surface area contributed by atoms with Crippen LogP contribution >= 0.6 is 0 Å². The largest absolute Gasteiger partial charge is 0.490 e. The number of ether oxygens (including phenoxy) is 5. The fourth-order valence-corrected chi connectivity index (χ4v) is 2.32. The van der Waals surface area contributed by atoms with Gasteiger partial charge in [-0.05, 0) is 32.0 Å². The first-order chi connectivity index (χ1) is 11.1. The van der Waals surface area contributed by atoms with Crippen molar-refractivity contribution in [1.82, 2.24) is 0 Å². The summed E-state index contributed by atoms with van der Waals surface area (Å²) in [4.78, 5) is 11.5. The van der Waals surface area contributed by atoms with E-state index in [0.29, 0.717) is 31.1 Å². The van der Waals surface area contributed by atoms with Crippen LogP contribution in [0, 0.1) is 0 Å². The molecule has 1 aromatic carbocycles. The van der Waals surface area contributed by atoms with Gasteiger partial charge in [-0.2, -0.15) is 0 Å². The molecule has 0 fully saturated rings. The molecule has 0 amide bonds. The van der Waals surface area contributed by atoms with Crippen LogP contribution in [-0.2, 0) is 24.8 Å². The molecular formula is C17H26O6. The Balaban J connectivity index is 3.15. The first-order valence-electron chi connectivity index (χ1n) is 7.64. The Bertz CT molecular complexity index is 496. The van der Waals surface area contributed by atoms with E-state index >= 15 is 0 Å². The van der Waals surface area contributed by atoms with Crippen LogP contribution in [0.5, 0.6) is 11.5 Å². The van der Waals surface area contributed by atoms with Crippen molar-refractivity contribution in [2.24, 2.45) is 0 Å². The Morgan fingerprint density at radius 3 is 2.13 bits per heavy atom. The SMILES string of the molecule is CCOc1ccc(C(CCC(=O)OC)(OC)OC)cc1OCC. The lowest BCUT2D eigenvalue weighted by molar-refractivity contribution is -0.222. The Morgan fingerprint density at radius 1 is 1.00 bits per heavy atom. The molecule has 130 valence electrons. The number of hydrogen-bond donors (Lipinski definition) is 0. The molecule has 23 heavy (non-hydrogen) atoms. The molecule has 0 radical (unpaired) electrons. The molecule has 0 aromatic heterocycles. The molecule has 6 nitrogen and oxygen atoms in total. The highest BCUT2D eigenvalue weighted by Crippen LogP contribution is 2.37. The fourth-order valence-electron chi connectivity index (χ4n) is 2.32. The number of rotatable bonds is 10. The minimum Gasteiger partial charge on any atom is -0.490 e. The third-order valence-corrected chi connectivity index (χ3v) is 3.53. The Labute approximate surface area is 137 Å². The van der Waals surface area contributed by atoms with Gasteiger partial charge in [-0.3, -0.25) is 4.79 Å². The first kappa shape index (κ1) is 19.3. The highest BCUT2D eigenvalue weighted by atomic mass is 16.7. The van der Waals surface area contributed by atoms with Crippen molar-refractivity contribution in [2.45, 2.75) is 32.5 Å². The minimum atomic E-state index is -1.05. The third kappa shape index (κ3) is 4.84. The smallest absolute Gasteiger partial charge is 0.305 e. The van der Waals surface area contributed by atoms with Gasteiger partial charge in [0.05, 0.1) is 26.7 Å². The molecule has 0 atom stereocenters. The third-order valence-electron chi connectivity index (χ3n) is 3.53. The van der Waals surface area contributed by atoms with E-state index in [2.05, 4.69) is 4.74 Å². The molecule has 0 heterocycles. The molecule has 0 aliphatic carbocycles. The summed E-state index contributed by atoms with van der Waals surface area (Å²) in [6.07, 6.45) is 0.502. The molecule has 0 unspecified atom stereocenters. The molecule has 0 saturated heterocycles. The van der Waals surface area contributed by atoms with Gasteiger partial charge in [-0.25, -0.2) is 0 Å². The second-order valence-corrected chi connectivity index (χ2v) is 4.76. The van der Waals surface area contributed by atoms with Crippen LogP contribution in [0.15, 0.2) is 18.2 Å². The van der Waals surface area contributed by atoms with Crippen molar-refractivity contribution >= 4 is 5.97 Å². The highest BCUT2D eigenvalue weighted by Gasteiger charge is 2.33. The van der Waals surface area contributed by atoms with E-state index in [1.165, 1.54) is 21.3 Å². The lowest BCUT2D eigenvalue weighted by Gasteiger charge is -2.31. The van der Waals surface area contributed by atoms with E-state index in [0.717, 1.165) is 5.56 Å². The molecule has 1 aromatic rings. The van der Waals surface area contributed by atoms with E-state index in [1.54, 1.807) is 0 Å². The molecular weight excluding hydrogens is 300 g/mol. The zero-order valence-electron chi connectivity index (χ0n) is 14.5. The molecule has 0 N–H and O–H groups in total. The number of hydrogen-bond acceptors (Lipinski definition) is 6. The highest BCUT2D eigenvalue weighted by molar-refractivity contribution is 5.69. The predicted molar refractivity (Wildman–Crippen MR) is 85.7 cm³/mol. The lowest BCUT2D eigenvalue weighted by Crippen LogP contribution is -2.31. The van der Waals surface area contributed by atoms with Crippen molar-refractivity contribution in [2.75, 3.05) is 34.5 Å². The van der Waals surface area contributed by atoms with Gasteiger partial charge in [0.25, 0.3) is 0 Å². The molecule has 0 aliphatic rings. The van der Waals surface area contributed by atoms with Crippen LogP contribution in [-0.4, -0.2) is 40.5 Å². The zero-order chi connectivity index (χ0) is 17.3. The maximum absolute atomic E-state index is 11.5. The molecule has 0 spiro atoms. The average Bonchev–Trinajstić information content (AvgIpc) is 2.58. The van der Waals surface area contributed by atoms with Gasteiger partial charge in [0.1, 0.15) is 0 Å². The normalized spacial score (nSPS) is 11.2. The lowest BCUT2D eigenvalue weighted by atomic mass is 9.99. The minimum absolute atomic E-state index is 0.176. The summed E-state index contributed by atoms with van der Waals surface area (Å²) >= 11 is 0. The van der Waals surface area contributed by atoms with Crippen LogP contribution in [0.25, 0.3) is 0 Å². The number of carbonyl (C=O) groups excluding carboxylic acids is 1. The Morgan fingerprint density at radius 2 is 1.61 bits per heavy atom. The molecule has 6 heteroatoms. The summed E-state index contributed by atoms with van der Waals surface area (Å²) in [6.45, 7) is 4.87. The van der Waals surface area contributed by atoms with E-state index in [9.17, 15) is 4.79 Å². The maximum Gasteiger partial charge on any atom is 0.305 e. The second-order valence-electron chi connectivity index (χ2n) is 4.76. The van der Waals surface area contributed by atoms with Crippen molar-refractivity contribution < 1.29 is 28.5 Å². The maximum atomic E-state index is 11.5. The van der Waals surface area contributed by atoms with Gasteiger partial charge in [-0.15, -0.1) is 0 Å². The van der Waals surface area contributed by atoms with Crippen LogP contribution in [0.3, 0.4) is 0 Å². The van der Waals surface area contributed by atoms with Gasteiger partial charge >= 0.3 is 5.97 Å². The topological polar surface area (TPSA) is 63.2 Å². The second kappa shape index (κ2) is 9.37. The van der Waals surface area contributed by atoms with Crippen molar-refractivity contribution in [3.05, 3.63) is 23.8 Å². The molecule has 1 rings (SSSR count). The monoisotopic (exact) mass is 326 g/mol. The standard InChI is InChI=1S/C17H26O6/c1-6-22-14-9-8-13(12-15(14)23-7-2)17(20-4,21-5)11-10-16(18)19-3/h8-9,12H,6-7,10-11H2,1-5H3. The summed E-state index contributed by atoms with van der Waals surface area (Å²) in [7, 11) is 4.43. The van der Waals surface area contributed by atoms with E-state index in [1.807, 2.05) is 32.0 Å². The quantitative estimate of drug-likeness (QED) is 0.487. The Kier molecular flexibility index (Phi) is 7.85. The number of carbonyl (C=O) groups is 1. The number of benzene rings is 1. The zero-order valence-corrected chi connectivity index (χ0v) is 14.5. The summed E-state index contributed by atoms with van der Waals surface area (Å²) in [5, 5.41) is 0. The van der Waals surface area contributed by atoms with Crippen molar-refractivity contribution in [1.29, 1.82) is 0 Å². The van der Waals surface area contributed by atoms with Gasteiger partial charge in [-0.1, -0.05) is 0 Å². The Hall–Kier alpha value is -1.79. The van der Waals surface area contributed by atoms with Crippen LogP contribution in [0.4, 0.5) is 0 Å². The van der Waals surface area contributed by atoms with Gasteiger partial charge < -0.3 is 23.7 Å². The first-order valence-corrected chi connectivity index (χ1v) is 7.64. The average molecular weight is 326 g/mol. The summed E-state index contributed by atoms with van der Waals surface area (Å²) < 4.78 is 27.0. The molecule has 0 bridgehead atoms. The predicted octanol–water partition coefficient (Wildman–Crippen LogP) is 2.88.